The van der Waals surface area contributed by atoms with Crippen molar-refractivity contribution in [1.82, 2.24) is 9.97 Å². The molecule has 0 radical (unpaired) electrons. The average Bonchev–Trinajstić information content (AvgIpc) is 2.23. The number of rotatable bonds is 3. The van der Waals surface area contributed by atoms with Crippen molar-refractivity contribution in [3.05, 3.63) is 51.3 Å². The molecule has 0 saturated heterocycles. The van der Waals surface area contributed by atoms with Gasteiger partial charge >= 0.3 is 5.69 Å². The Morgan fingerprint density at radius 2 is 2.12 bits per heavy atom. The lowest BCUT2D eigenvalue weighted by molar-refractivity contribution is -0.111. The summed E-state index contributed by atoms with van der Waals surface area (Å²) < 4.78 is 0. The van der Waals surface area contributed by atoms with Gasteiger partial charge < -0.3 is 10.3 Å². The van der Waals surface area contributed by atoms with Gasteiger partial charge in [0, 0.05) is 12.3 Å². The summed E-state index contributed by atoms with van der Waals surface area (Å²) >= 11 is 0. The zero-order chi connectivity index (χ0) is 12.0. The van der Waals surface area contributed by atoms with Crippen LogP contribution in [0, 0.1) is 0 Å². The molecule has 0 atom stereocenters. The van der Waals surface area contributed by atoms with Crippen LogP contribution in [0.25, 0.3) is 0 Å². The van der Waals surface area contributed by atoms with Crippen LogP contribution < -0.4 is 16.6 Å². The van der Waals surface area contributed by atoms with E-state index in [1.807, 2.05) is 11.9 Å². The minimum absolute atomic E-state index is 0.00488. The summed E-state index contributed by atoms with van der Waals surface area (Å²) in [5, 5.41) is 2.32. The molecule has 3 N–H and O–H groups in total. The summed E-state index contributed by atoms with van der Waals surface area (Å²) in [5.41, 5.74) is -1.27. The molecule has 1 amide bonds. The van der Waals surface area contributed by atoms with Gasteiger partial charge in [0.25, 0.3) is 5.56 Å². The van der Waals surface area contributed by atoms with Gasteiger partial charge in [0.15, 0.2) is 0 Å². The van der Waals surface area contributed by atoms with Gasteiger partial charge in [-0.05, 0) is 6.92 Å². The van der Waals surface area contributed by atoms with Gasteiger partial charge in [0.2, 0.25) is 5.91 Å². The number of hydrogen-bond acceptors (Lipinski definition) is 3. The van der Waals surface area contributed by atoms with Crippen molar-refractivity contribution in [2.24, 2.45) is 0 Å². The third-order valence-corrected chi connectivity index (χ3v) is 1.63. The average molecular weight is 221 g/mol. The number of nitrogens with one attached hydrogen (secondary N) is 3. The maximum atomic E-state index is 11.2. The highest BCUT2D eigenvalue weighted by molar-refractivity contribution is 5.99. The number of hydrogen-bond donors (Lipinski definition) is 3. The topological polar surface area (TPSA) is 94.8 Å². The quantitative estimate of drug-likeness (QED) is 0.500. The Balaban J connectivity index is 2.78. The van der Waals surface area contributed by atoms with Crippen molar-refractivity contribution >= 4 is 11.6 Å². The van der Waals surface area contributed by atoms with Gasteiger partial charge in [-0.2, -0.15) is 0 Å². The fourth-order valence-corrected chi connectivity index (χ4v) is 0.931. The van der Waals surface area contributed by atoms with Crippen LogP contribution in [0.15, 0.2) is 40.1 Å². The van der Waals surface area contributed by atoms with Crippen LogP contribution in [-0.2, 0) is 4.79 Å². The Kier molecular flexibility index (Phi) is 4.02. The van der Waals surface area contributed by atoms with E-state index in [4.69, 9.17) is 0 Å². The fraction of sp³-hybridized carbons (Fsp3) is 0.100. The van der Waals surface area contributed by atoms with E-state index in [0.29, 0.717) is 0 Å². The second kappa shape index (κ2) is 5.50. The Bertz CT molecular complexity index is 537. The highest BCUT2D eigenvalue weighted by Gasteiger charge is 2.02. The van der Waals surface area contributed by atoms with Crippen LogP contribution in [0.4, 0.5) is 5.69 Å². The molecule has 0 aliphatic rings. The number of aromatic nitrogens is 2. The number of aromatic amines is 2. The predicted molar refractivity (Wildman–Crippen MR) is 60.3 cm³/mol. The van der Waals surface area contributed by atoms with Gasteiger partial charge in [-0.1, -0.05) is 18.2 Å². The van der Waals surface area contributed by atoms with Crippen LogP contribution in [0.2, 0.25) is 0 Å². The molecule has 0 aliphatic heterocycles. The van der Waals surface area contributed by atoms with Gasteiger partial charge in [0.1, 0.15) is 5.69 Å². The van der Waals surface area contributed by atoms with E-state index in [9.17, 15) is 14.4 Å². The maximum absolute atomic E-state index is 11.2. The molecule has 1 heterocycles. The van der Waals surface area contributed by atoms with E-state index in [-0.39, 0.29) is 5.69 Å². The number of carbonyl (C=O) groups is 1. The largest absolute Gasteiger partial charge is 0.325 e. The summed E-state index contributed by atoms with van der Waals surface area (Å²) in [6.07, 6.45) is 7.38. The second-order valence-electron chi connectivity index (χ2n) is 2.86. The fourth-order valence-electron chi connectivity index (χ4n) is 0.931. The molecule has 0 spiro atoms. The molecule has 1 aromatic heterocycles. The van der Waals surface area contributed by atoms with Crippen LogP contribution in [0.1, 0.15) is 6.92 Å². The molecular weight excluding hydrogens is 210 g/mol. The lowest BCUT2D eigenvalue weighted by Crippen LogP contribution is -2.25. The van der Waals surface area contributed by atoms with Crippen molar-refractivity contribution in [3.8, 4) is 0 Å². The zero-order valence-corrected chi connectivity index (χ0v) is 8.61. The molecule has 0 aromatic carbocycles. The molecule has 0 unspecified atom stereocenters. The molecule has 16 heavy (non-hydrogen) atoms. The first-order chi connectivity index (χ1) is 7.63. The number of carbonyl (C=O) groups excluding carboxylic acids is 1. The van der Waals surface area contributed by atoms with Crippen LogP contribution >= 0.6 is 0 Å². The molecule has 6 nitrogen and oxygen atoms in total. The highest BCUT2D eigenvalue weighted by Crippen LogP contribution is 1.92. The Morgan fingerprint density at radius 3 is 2.75 bits per heavy atom. The summed E-state index contributed by atoms with van der Waals surface area (Å²) in [6.45, 7) is 1.81. The van der Waals surface area contributed by atoms with E-state index in [1.54, 1.807) is 12.2 Å². The molecule has 0 aliphatic carbocycles. The molecular formula is C10H11N3O3. The van der Waals surface area contributed by atoms with Gasteiger partial charge in [0.05, 0.1) is 0 Å². The van der Waals surface area contributed by atoms with E-state index in [2.05, 4.69) is 10.3 Å². The number of allylic oxidation sites excluding steroid dienone is 3. The molecule has 0 fully saturated rings. The van der Waals surface area contributed by atoms with E-state index >= 15 is 0 Å². The van der Waals surface area contributed by atoms with E-state index < -0.39 is 17.2 Å². The first-order valence-corrected chi connectivity index (χ1v) is 4.56. The third-order valence-electron chi connectivity index (χ3n) is 1.63. The van der Waals surface area contributed by atoms with E-state index in [0.717, 1.165) is 6.20 Å². The van der Waals surface area contributed by atoms with Crippen molar-refractivity contribution in [1.29, 1.82) is 0 Å². The number of amides is 1. The molecule has 0 saturated carbocycles. The smallest absolute Gasteiger partial charge is 0.317 e. The molecule has 1 rings (SSSR count). The summed E-state index contributed by atoms with van der Waals surface area (Å²) in [5.74, 6) is -0.448. The number of H-pyrrole nitrogens is 2. The standard InChI is InChI=1S/C10H11N3O3/c1-2-3-4-5-8(14)12-7-6-11-10(16)13-9(7)15/h2-6H,1H3,(H,12,14)(H2,11,13,15,16). The third kappa shape index (κ3) is 3.41. The lowest BCUT2D eigenvalue weighted by atomic mass is 10.4. The predicted octanol–water partition coefficient (Wildman–Crippen LogP) is 0.134. The Labute approximate surface area is 90.7 Å². The van der Waals surface area contributed by atoms with Gasteiger partial charge in [-0.15, -0.1) is 0 Å². The van der Waals surface area contributed by atoms with Crippen molar-refractivity contribution in [2.45, 2.75) is 6.92 Å². The SMILES string of the molecule is CC=CC=CC(=O)Nc1c[nH]c(=O)[nH]c1=O. The number of anilines is 1. The minimum atomic E-state index is -0.642. The van der Waals surface area contributed by atoms with Gasteiger partial charge in [-0.3, -0.25) is 14.6 Å². The van der Waals surface area contributed by atoms with Crippen molar-refractivity contribution in [3.63, 3.8) is 0 Å². The van der Waals surface area contributed by atoms with Crippen LogP contribution in [0.5, 0.6) is 0 Å². The molecule has 0 bridgehead atoms. The first-order valence-electron chi connectivity index (χ1n) is 4.56. The summed E-state index contributed by atoms with van der Waals surface area (Å²) in [7, 11) is 0. The molecule has 84 valence electrons. The normalized spacial score (nSPS) is 11.1. The van der Waals surface area contributed by atoms with Crippen LogP contribution in [-0.4, -0.2) is 15.9 Å². The summed E-state index contributed by atoms with van der Waals surface area (Å²) in [6, 6.07) is 0. The van der Waals surface area contributed by atoms with Crippen LogP contribution in [0.3, 0.4) is 0 Å². The zero-order valence-electron chi connectivity index (χ0n) is 8.61. The molecule has 6 heteroatoms. The first kappa shape index (κ1) is 11.7. The monoisotopic (exact) mass is 221 g/mol. The Morgan fingerprint density at radius 1 is 1.38 bits per heavy atom. The van der Waals surface area contributed by atoms with Crippen molar-refractivity contribution in [2.75, 3.05) is 5.32 Å². The Hall–Kier alpha value is -2.37. The maximum Gasteiger partial charge on any atom is 0.325 e. The van der Waals surface area contributed by atoms with Crippen molar-refractivity contribution < 1.29 is 4.79 Å². The highest BCUT2D eigenvalue weighted by atomic mass is 16.2. The molecule has 1 aromatic rings. The minimum Gasteiger partial charge on any atom is -0.317 e. The van der Waals surface area contributed by atoms with E-state index in [1.165, 1.54) is 12.2 Å². The van der Waals surface area contributed by atoms with Gasteiger partial charge in [-0.25, -0.2) is 4.79 Å². The lowest BCUT2D eigenvalue weighted by Gasteiger charge is -1.98. The second-order valence-corrected chi connectivity index (χ2v) is 2.86. The summed E-state index contributed by atoms with van der Waals surface area (Å²) in [4.78, 5) is 37.4.